The molecule has 0 amide bonds. The summed E-state index contributed by atoms with van der Waals surface area (Å²) >= 11 is 0. The van der Waals surface area contributed by atoms with Crippen LogP contribution in [0.3, 0.4) is 0 Å². The number of aldehydes is 1. The molecule has 0 N–H and O–H groups in total. The summed E-state index contributed by atoms with van der Waals surface area (Å²) in [5.41, 5.74) is 0.606. The number of unbranched alkanes of at least 4 members (excludes halogenated alkanes) is 2. The van der Waals surface area contributed by atoms with Gasteiger partial charge in [0.1, 0.15) is 25.2 Å². The second kappa shape index (κ2) is 9.14. The molecule has 0 fully saturated rings. The maximum atomic E-state index is 11.3. The number of carbonyl (C=O) groups excluding carboxylic acids is 2. The summed E-state index contributed by atoms with van der Waals surface area (Å²) in [6.45, 7) is 2.66. The Balaban J connectivity index is 2.12. The van der Waals surface area contributed by atoms with E-state index >= 15 is 0 Å². The normalized spacial score (nSPS) is 9.95. The smallest absolute Gasteiger partial charge is 0.305 e. The summed E-state index contributed by atoms with van der Waals surface area (Å²) in [6, 6.07) is 6.79. The lowest BCUT2D eigenvalue weighted by molar-refractivity contribution is -0.144. The fourth-order valence-electron chi connectivity index (χ4n) is 1.55. The van der Waals surface area contributed by atoms with Gasteiger partial charge in [0.05, 0.1) is 0 Å². The van der Waals surface area contributed by atoms with E-state index in [9.17, 15) is 9.59 Å². The van der Waals surface area contributed by atoms with Crippen molar-refractivity contribution in [1.29, 1.82) is 0 Å². The Morgan fingerprint density at radius 3 is 2.53 bits per heavy atom. The van der Waals surface area contributed by atoms with Crippen molar-refractivity contribution in [1.82, 2.24) is 0 Å². The second-order valence-electron chi connectivity index (χ2n) is 4.21. The third-order valence-corrected chi connectivity index (χ3v) is 2.62. The minimum Gasteiger partial charge on any atom is -0.490 e. The van der Waals surface area contributed by atoms with E-state index in [1.165, 1.54) is 0 Å². The number of hydrogen-bond acceptors (Lipinski definition) is 4. The van der Waals surface area contributed by atoms with Crippen LogP contribution in [-0.4, -0.2) is 25.5 Å². The number of esters is 1. The summed E-state index contributed by atoms with van der Waals surface area (Å²) in [4.78, 5) is 21.8. The van der Waals surface area contributed by atoms with Gasteiger partial charge in [-0.1, -0.05) is 19.8 Å². The third kappa shape index (κ3) is 6.60. The van der Waals surface area contributed by atoms with Crippen LogP contribution >= 0.6 is 0 Å². The molecule has 4 heteroatoms. The fourth-order valence-corrected chi connectivity index (χ4v) is 1.55. The lowest BCUT2D eigenvalue weighted by Crippen LogP contribution is -2.11. The molecule has 0 aromatic heterocycles. The zero-order valence-corrected chi connectivity index (χ0v) is 11.3. The summed E-state index contributed by atoms with van der Waals surface area (Å²) < 4.78 is 10.4. The van der Waals surface area contributed by atoms with Crippen molar-refractivity contribution < 1.29 is 19.1 Å². The molecule has 0 unspecified atom stereocenters. The van der Waals surface area contributed by atoms with Gasteiger partial charge in [0.15, 0.2) is 0 Å². The van der Waals surface area contributed by atoms with Gasteiger partial charge in [-0.3, -0.25) is 9.59 Å². The Morgan fingerprint density at radius 2 is 1.89 bits per heavy atom. The Kier molecular flexibility index (Phi) is 7.32. The summed E-state index contributed by atoms with van der Waals surface area (Å²) in [5, 5.41) is 0. The van der Waals surface area contributed by atoms with Crippen molar-refractivity contribution in [2.75, 3.05) is 13.2 Å². The number of benzene rings is 1. The quantitative estimate of drug-likeness (QED) is 0.391. The van der Waals surface area contributed by atoms with Gasteiger partial charge in [-0.25, -0.2) is 0 Å². The first kappa shape index (κ1) is 15.2. The van der Waals surface area contributed by atoms with Gasteiger partial charge in [-0.15, -0.1) is 0 Å². The molecular formula is C15H20O4. The van der Waals surface area contributed by atoms with Crippen LogP contribution in [0.1, 0.15) is 43.0 Å². The Bertz CT molecular complexity index is 384. The second-order valence-corrected chi connectivity index (χ2v) is 4.21. The van der Waals surface area contributed by atoms with E-state index < -0.39 is 0 Å². The SMILES string of the molecule is CCCCCC(=O)OCCOc1ccc(C=O)cc1. The first-order valence-corrected chi connectivity index (χ1v) is 6.60. The molecule has 19 heavy (non-hydrogen) atoms. The lowest BCUT2D eigenvalue weighted by Gasteiger charge is -2.07. The molecule has 0 atom stereocenters. The van der Waals surface area contributed by atoms with E-state index in [0.29, 0.717) is 24.3 Å². The number of rotatable bonds is 9. The van der Waals surface area contributed by atoms with Crippen molar-refractivity contribution in [3.05, 3.63) is 29.8 Å². The van der Waals surface area contributed by atoms with Crippen LogP contribution in [0.15, 0.2) is 24.3 Å². The monoisotopic (exact) mass is 264 g/mol. The van der Waals surface area contributed by atoms with Crippen molar-refractivity contribution in [3.8, 4) is 5.75 Å². The maximum absolute atomic E-state index is 11.3. The topological polar surface area (TPSA) is 52.6 Å². The lowest BCUT2D eigenvalue weighted by atomic mass is 10.2. The highest BCUT2D eigenvalue weighted by atomic mass is 16.6. The van der Waals surface area contributed by atoms with E-state index in [2.05, 4.69) is 6.92 Å². The van der Waals surface area contributed by atoms with Crippen LogP contribution in [0.5, 0.6) is 5.75 Å². The van der Waals surface area contributed by atoms with E-state index in [0.717, 1.165) is 25.5 Å². The highest BCUT2D eigenvalue weighted by Gasteiger charge is 2.02. The minimum absolute atomic E-state index is 0.173. The summed E-state index contributed by atoms with van der Waals surface area (Å²) in [7, 11) is 0. The van der Waals surface area contributed by atoms with E-state index in [-0.39, 0.29) is 12.6 Å². The molecule has 0 heterocycles. The van der Waals surface area contributed by atoms with Crippen LogP contribution in [-0.2, 0) is 9.53 Å². The largest absolute Gasteiger partial charge is 0.490 e. The molecule has 0 bridgehead atoms. The Labute approximate surface area is 113 Å². The highest BCUT2D eigenvalue weighted by Crippen LogP contribution is 2.10. The van der Waals surface area contributed by atoms with Gasteiger partial charge in [0, 0.05) is 12.0 Å². The molecule has 1 aromatic carbocycles. The first-order valence-electron chi connectivity index (χ1n) is 6.60. The molecule has 1 aromatic rings. The van der Waals surface area contributed by atoms with Crippen LogP contribution in [0, 0.1) is 0 Å². The van der Waals surface area contributed by atoms with Gasteiger partial charge < -0.3 is 9.47 Å². The van der Waals surface area contributed by atoms with Crippen LogP contribution in [0.25, 0.3) is 0 Å². The third-order valence-electron chi connectivity index (χ3n) is 2.62. The summed E-state index contributed by atoms with van der Waals surface area (Å²) in [6.07, 6.45) is 4.27. The van der Waals surface area contributed by atoms with Crippen LogP contribution < -0.4 is 4.74 Å². The Hall–Kier alpha value is -1.84. The zero-order valence-electron chi connectivity index (χ0n) is 11.3. The molecular weight excluding hydrogens is 244 g/mol. The maximum Gasteiger partial charge on any atom is 0.305 e. The molecule has 0 aliphatic rings. The molecule has 104 valence electrons. The predicted octanol–water partition coefficient (Wildman–Crippen LogP) is 3.00. The number of carbonyl (C=O) groups is 2. The highest BCUT2D eigenvalue weighted by molar-refractivity contribution is 5.74. The fraction of sp³-hybridized carbons (Fsp3) is 0.467. The van der Waals surface area contributed by atoms with Gasteiger partial charge >= 0.3 is 5.97 Å². The van der Waals surface area contributed by atoms with Crippen LogP contribution in [0.2, 0.25) is 0 Å². The van der Waals surface area contributed by atoms with Gasteiger partial charge in [-0.05, 0) is 30.7 Å². The van der Waals surface area contributed by atoms with Crippen molar-refractivity contribution in [2.45, 2.75) is 32.6 Å². The average Bonchev–Trinajstić information content (AvgIpc) is 2.44. The molecule has 4 nitrogen and oxygen atoms in total. The van der Waals surface area contributed by atoms with Gasteiger partial charge in [-0.2, -0.15) is 0 Å². The van der Waals surface area contributed by atoms with Crippen LogP contribution in [0.4, 0.5) is 0 Å². The van der Waals surface area contributed by atoms with E-state index in [1.54, 1.807) is 24.3 Å². The number of hydrogen-bond donors (Lipinski definition) is 0. The zero-order chi connectivity index (χ0) is 13.9. The molecule has 1 rings (SSSR count). The minimum atomic E-state index is -0.173. The summed E-state index contributed by atoms with van der Waals surface area (Å²) in [5.74, 6) is 0.487. The van der Waals surface area contributed by atoms with Crippen molar-refractivity contribution >= 4 is 12.3 Å². The predicted molar refractivity (Wildman–Crippen MR) is 72.4 cm³/mol. The van der Waals surface area contributed by atoms with E-state index in [1.807, 2.05) is 0 Å². The van der Waals surface area contributed by atoms with E-state index in [4.69, 9.17) is 9.47 Å². The van der Waals surface area contributed by atoms with Crippen molar-refractivity contribution in [2.24, 2.45) is 0 Å². The number of ether oxygens (including phenoxy) is 2. The first-order chi connectivity index (χ1) is 9.26. The Morgan fingerprint density at radius 1 is 1.16 bits per heavy atom. The molecule has 0 saturated carbocycles. The van der Waals surface area contributed by atoms with Crippen molar-refractivity contribution in [3.63, 3.8) is 0 Å². The van der Waals surface area contributed by atoms with Gasteiger partial charge in [0.25, 0.3) is 0 Å². The molecule has 0 aliphatic heterocycles. The molecule has 0 aliphatic carbocycles. The molecule has 0 spiro atoms. The molecule has 0 saturated heterocycles. The standard InChI is InChI=1S/C15H20O4/c1-2-3-4-5-15(17)19-11-10-18-14-8-6-13(12-16)7-9-14/h6-9,12H,2-5,10-11H2,1H3. The van der Waals surface area contributed by atoms with Gasteiger partial charge in [0.2, 0.25) is 0 Å². The molecule has 0 radical (unpaired) electrons. The average molecular weight is 264 g/mol.